The van der Waals surface area contributed by atoms with Gasteiger partial charge in [0.1, 0.15) is 12.1 Å². The molecule has 0 aliphatic heterocycles. The van der Waals surface area contributed by atoms with Gasteiger partial charge >= 0.3 is 0 Å². The lowest BCUT2D eigenvalue weighted by atomic mass is 10.1. The van der Waals surface area contributed by atoms with Crippen molar-refractivity contribution in [2.75, 3.05) is 13.6 Å². The molecule has 154 valence electrons. The molecule has 0 saturated carbocycles. The van der Waals surface area contributed by atoms with Gasteiger partial charge in [0.2, 0.25) is 5.89 Å². The number of oxazole rings is 1. The third-order valence-electron chi connectivity index (χ3n) is 4.50. The first-order chi connectivity index (χ1) is 13.5. The first-order valence-electron chi connectivity index (χ1n) is 9.26. The average molecular weight is 508 g/mol. The van der Waals surface area contributed by atoms with E-state index < -0.39 is 0 Å². The van der Waals surface area contributed by atoms with Crippen LogP contribution < -0.4 is 10.6 Å². The van der Waals surface area contributed by atoms with Crippen LogP contribution >= 0.6 is 24.0 Å². The summed E-state index contributed by atoms with van der Waals surface area (Å²) in [5.41, 5.74) is 5.02. The maximum absolute atomic E-state index is 13.2. The zero-order chi connectivity index (χ0) is 19.9. The molecule has 29 heavy (non-hydrogen) atoms. The maximum atomic E-state index is 13.2. The molecular weight excluding hydrogens is 482 g/mol. The van der Waals surface area contributed by atoms with E-state index in [2.05, 4.69) is 20.6 Å². The molecule has 3 rings (SSSR count). The van der Waals surface area contributed by atoms with Crippen molar-refractivity contribution in [1.29, 1.82) is 0 Å². The Hall–Kier alpha value is -2.42. The zero-order valence-corrected chi connectivity index (χ0v) is 19.2. The smallest absolute Gasteiger partial charge is 0.226 e. The summed E-state index contributed by atoms with van der Waals surface area (Å²) in [4.78, 5) is 8.74. The van der Waals surface area contributed by atoms with Crippen molar-refractivity contribution in [2.45, 2.75) is 26.8 Å². The number of guanidine groups is 1. The molecule has 0 spiro atoms. The third kappa shape index (κ3) is 6.56. The van der Waals surface area contributed by atoms with Gasteiger partial charge in [0.15, 0.2) is 5.96 Å². The predicted molar refractivity (Wildman–Crippen MR) is 125 cm³/mol. The Bertz CT molecular complexity index is 954. The number of hydrogen-bond acceptors (Lipinski definition) is 3. The van der Waals surface area contributed by atoms with Crippen LogP contribution in [-0.2, 0) is 13.0 Å². The molecule has 5 nitrogen and oxygen atoms in total. The Labute approximate surface area is 187 Å². The summed E-state index contributed by atoms with van der Waals surface area (Å²) < 4.78 is 18.8. The second kappa shape index (κ2) is 10.9. The van der Waals surface area contributed by atoms with Crippen LogP contribution in [0.4, 0.5) is 4.39 Å². The molecule has 0 fully saturated rings. The fourth-order valence-electron chi connectivity index (χ4n) is 2.87. The quantitative estimate of drug-likeness (QED) is 0.290. The molecule has 3 aromatic rings. The van der Waals surface area contributed by atoms with E-state index in [1.54, 1.807) is 19.4 Å². The van der Waals surface area contributed by atoms with Crippen LogP contribution in [0.3, 0.4) is 0 Å². The van der Waals surface area contributed by atoms with Crippen LogP contribution in [-0.4, -0.2) is 24.5 Å². The fourth-order valence-corrected chi connectivity index (χ4v) is 2.87. The molecule has 1 heterocycles. The second-order valence-electron chi connectivity index (χ2n) is 6.68. The number of nitrogens with one attached hydrogen (secondary N) is 2. The van der Waals surface area contributed by atoms with Gasteiger partial charge in [-0.3, -0.25) is 4.99 Å². The van der Waals surface area contributed by atoms with Gasteiger partial charge in [0.25, 0.3) is 0 Å². The summed E-state index contributed by atoms with van der Waals surface area (Å²) in [7, 11) is 1.72. The van der Waals surface area contributed by atoms with Crippen molar-refractivity contribution in [3.8, 4) is 11.5 Å². The fraction of sp³-hybridized carbons (Fsp3) is 0.273. The van der Waals surface area contributed by atoms with Crippen LogP contribution in [0.2, 0.25) is 0 Å². The lowest BCUT2D eigenvalue weighted by Gasteiger charge is -2.11. The zero-order valence-electron chi connectivity index (χ0n) is 16.8. The molecule has 0 bridgehead atoms. The van der Waals surface area contributed by atoms with Gasteiger partial charge in [-0.05, 0) is 55.7 Å². The van der Waals surface area contributed by atoms with Crippen LogP contribution in [0.25, 0.3) is 11.5 Å². The number of aromatic nitrogens is 1. The number of rotatable bonds is 6. The van der Waals surface area contributed by atoms with Crippen molar-refractivity contribution in [2.24, 2.45) is 4.99 Å². The summed E-state index contributed by atoms with van der Waals surface area (Å²) >= 11 is 0. The number of benzene rings is 2. The summed E-state index contributed by atoms with van der Waals surface area (Å²) in [6.45, 7) is 5.16. The monoisotopic (exact) mass is 508 g/mol. The minimum atomic E-state index is -0.204. The molecule has 0 aliphatic carbocycles. The van der Waals surface area contributed by atoms with Gasteiger partial charge in [-0.2, -0.15) is 0 Å². The van der Waals surface area contributed by atoms with Crippen molar-refractivity contribution < 1.29 is 8.81 Å². The Balaban J connectivity index is 0.00000300. The van der Waals surface area contributed by atoms with Gasteiger partial charge < -0.3 is 15.1 Å². The van der Waals surface area contributed by atoms with Crippen molar-refractivity contribution in [1.82, 2.24) is 15.6 Å². The highest BCUT2D eigenvalue weighted by Gasteiger charge is 2.07. The molecule has 0 aliphatic rings. The average Bonchev–Trinajstić information content (AvgIpc) is 3.15. The second-order valence-corrected chi connectivity index (χ2v) is 6.68. The van der Waals surface area contributed by atoms with Crippen LogP contribution in [0.5, 0.6) is 0 Å². The van der Waals surface area contributed by atoms with E-state index in [0.29, 0.717) is 24.9 Å². The van der Waals surface area contributed by atoms with E-state index in [1.165, 1.54) is 11.6 Å². The minimum Gasteiger partial charge on any atom is -0.444 e. The molecule has 0 unspecified atom stereocenters. The SMILES string of the molecule is CN=C(NCCc1ccc(F)cc1C)NCc1coc(-c2ccc(C)cc2)n1.I. The van der Waals surface area contributed by atoms with E-state index in [4.69, 9.17) is 4.42 Å². The Morgan fingerprint density at radius 3 is 2.55 bits per heavy atom. The van der Waals surface area contributed by atoms with E-state index >= 15 is 0 Å². The van der Waals surface area contributed by atoms with Crippen LogP contribution in [0.15, 0.2) is 58.1 Å². The molecular formula is C22H26FIN4O. The van der Waals surface area contributed by atoms with Crippen molar-refractivity contribution in [3.63, 3.8) is 0 Å². The van der Waals surface area contributed by atoms with Gasteiger partial charge in [-0.15, -0.1) is 24.0 Å². The van der Waals surface area contributed by atoms with Gasteiger partial charge in [-0.1, -0.05) is 23.8 Å². The summed E-state index contributed by atoms with van der Waals surface area (Å²) in [6, 6.07) is 12.9. The Morgan fingerprint density at radius 1 is 1.10 bits per heavy atom. The highest BCUT2D eigenvalue weighted by molar-refractivity contribution is 14.0. The molecule has 0 atom stereocenters. The number of aliphatic imine (C=N–C) groups is 1. The molecule has 0 amide bonds. The lowest BCUT2D eigenvalue weighted by molar-refractivity contribution is 0.572. The predicted octanol–water partition coefficient (Wildman–Crippen LogP) is 4.62. The van der Waals surface area contributed by atoms with E-state index in [-0.39, 0.29) is 29.8 Å². The van der Waals surface area contributed by atoms with Crippen molar-refractivity contribution >= 4 is 29.9 Å². The van der Waals surface area contributed by atoms with Gasteiger partial charge in [-0.25, -0.2) is 9.37 Å². The summed E-state index contributed by atoms with van der Waals surface area (Å²) in [5, 5.41) is 6.49. The highest BCUT2D eigenvalue weighted by atomic mass is 127. The molecule has 2 aromatic carbocycles. The van der Waals surface area contributed by atoms with Gasteiger partial charge in [0, 0.05) is 19.2 Å². The molecule has 2 N–H and O–H groups in total. The molecule has 7 heteroatoms. The molecule has 0 radical (unpaired) electrons. The summed E-state index contributed by atoms with van der Waals surface area (Å²) in [5.74, 6) is 1.08. The highest BCUT2D eigenvalue weighted by Crippen LogP contribution is 2.19. The first-order valence-corrected chi connectivity index (χ1v) is 9.26. The van der Waals surface area contributed by atoms with Crippen molar-refractivity contribution in [3.05, 3.63) is 76.9 Å². The van der Waals surface area contributed by atoms with Crippen LogP contribution in [0, 0.1) is 19.7 Å². The summed E-state index contributed by atoms with van der Waals surface area (Å²) in [6.07, 6.45) is 2.44. The molecule has 1 aromatic heterocycles. The maximum Gasteiger partial charge on any atom is 0.226 e. The van der Waals surface area contributed by atoms with E-state index in [1.807, 2.05) is 44.2 Å². The molecule has 0 saturated heterocycles. The Morgan fingerprint density at radius 2 is 1.86 bits per heavy atom. The lowest BCUT2D eigenvalue weighted by Crippen LogP contribution is -2.38. The number of aryl methyl sites for hydroxylation is 2. The first kappa shape index (κ1) is 22.9. The normalized spacial score (nSPS) is 11.1. The Kier molecular flexibility index (Phi) is 8.63. The van der Waals surface area contributed by atoms with E-state index in [0.717, 1.165) is 28.8 Å². The van der Waals surface area contributed by atoms with E-state index in [9.17, 15) is 4.39 Å². The largest absolute Gasteiger partial charge is 0.444 e. The number of hydrogen-bond donors (Lipinski definition) is 2. The third-order valence-corrected chi connectivity index (χ3v) is 4.50. The van der Waals surface area contributed by atoms with Gasteiger partial charge in [0.05, 0.1) is 12.2 Å². The minimum absolute atomic E-state index is 0. The van der Waals surface area contributed by atoms with Crippen LogP contribution in [0.1, 0.15) is 22.4 Å². The topological polar surface area (TPSA) is 62.5 Å². The standard InChI is InChI=1S/C22H25FN4O.HI/c1-15-4-6-18(7-5-15)21-27-20(14-28-21)13-26-22(24-3)25-11-10-17-8-9-19(23)12-16(17)2;/h4-9,12,14H,10-11,13H2,1-3H3,(H2,24,25,26);1H. The number of nitrogens with zero attached hydrogens (tertiary/aromatic N) is 2. The number of halogens is 2.